The predicted octanol–water partition coefficient (Wildman–Crippen LogP) is 3.17. The number of rotatable bonds is 4. The quantitative estimate of drug-likeness (QED) is 0.933. The van der Waals surface area contributed by atoms with Crippen LogP contribution in [0, 0.1) is 13.8 Å². The second-order valence-corrected chi connectivity index (χ2v) is 5.18. The van der Waals surface area contributed by atoms with Gasteiger partial charge in [-0.25, -0.2) is 4.98 Å². The molecule has 0 aliphatic carbocycles. The Balaban J connectivity index is 2.02. The van der Waals surface area contributed by atoms with Gasteiger partial charge in [-0.15, -0.1) is 11.3 Å². The van der Waals surface area contributed by atoms with Crippen LogP contribution in [0.4, 0.5) is 5.13 Å². The Hall–Kier alpha value is -1.88. The number of nitrogens with one attached hydrogen (secondary N) is 1. The zero-order valence-corrected chi connectivity index (χ0v) is 12.0. The number of carbonyl (C=O) groups is 1. The van der Waals surface area contributed by atoms with E-state index in [1.54, 1.807) is 13.1 Å². The molecule has 0 bridgehead atoms. The minimum Gasteiger partial charge on any atom is -0.481 e. The highest BCUT2D eigenvalue weighted by Crippen LogP contribution is 2.22. The summed E-state index contributed by atoms with van der Waals surface area (Å²) in [6, 6.07) is 5.81. The molecule has 100 valence electrons. The minimum absolute atomic E-state index is 0.198. The van der Waals surface area contributed by atoms with Crippen molar-refractivity contribution in [3.05, 3.63) is 40.9 Å². The molecule has 19 heavy (non-hydrogen) atoms. The van der Waals surface area contributed by atoms with Crippen molar-refractivity contribution in [2.45, 2.75) is 26.9 Å². The van der Waals surface area contributed by atoms with Crippen LogP contribution >= 0.6 is 11.3 Å². The number of aryl methyl sites for hydroxylation is 1. The molecule has 1 N–H and O–H groups in total. The number of ether oxygens (including phenoxy) is 1. The first kappa shape index (κ1) is 13.5. The van der Waals surface area contributed by atoms with Crippen molar-refractivity contribution >= 4 is 22.4 Å². The second kappa shape index (κ2) is 5.84. The number of aromatic nitrogens is 1. The van der Waals surface area contributed by atoms with Crippen LogP contribution in [0.15, 0.2) is 29.8 Å². The molecule has 0 aliphatic rings. The van der Waals surface area contributed by atoms with Crippen LogP contribution < -0.4 is 10.1 Å². The standard InChI is InChI=1S/C14H16N2O2S/c1-9-5-4-6-12(10(9)2)18-11(3)13(17)16-14-15-7-8-19-14/h4-8,11H,1-3H3,(H,15,16,17)/t11-/m1/s1. The maximum atomic E-state index is 11.9. The molecule has 1 aromatic heterocycles. The minimum atomic E-state index is -0.565. The Morgan fingerprint density at radius 1 is 1.42 bits per heavy atom. The Kier molecular flexibility index (Phi) is 4.16. The summed E-state index contributed by atoms with van der Waals surface area (Å²) in [5.41, 5.74) is 2.20. The van der Waals surface area contributed by atoms with E-state index in [1.807, 2.05) is 37.4 Å². The van der Waals surface area contributed by atoms with E-state index in [2.05, 4.69) is 10.3 Å². The third-order valence-electron chi connectivity index (χ3n) is 2.89. The molecule has 1 amide bonds. The van der Waals surface area contributed by atoms with Gasteiger partial charge in [-0.05, 0) is 38.0 Å². The van der Waals surface area contributed by atoms with E-state index in [9.17, 15) is 4.79 Å². The third-order valence-corrected chi connectivity index (χ3v) is 3.58. The zero-order valence-electron chi connectivity index (χ0n) is 11.1. The number of benzene rings is 1. The third kappa shape index (κ3) is 3.32. The summed E-state index contributed by atoms with van der Waals surface area (Å²) in [5.74, 6) is 0.539. The summed E-state index contributed by atoms with van der Waals surface area (Å²) < 4.78 is 5.70. The van der Waals surface area contributed by atoms with Gasteiger partial charge in [-0.2, -0.15) is 0 Å². The van der Waals surface area contributed by atoms with E-state index < -0.39 is 6.10 Å². The highest BCUT2D eigenvalue weighted by molar-refractivity contribution is 7.13. The van der Waals surface area contributed by atoms with Crippen molar-refractivity contribution in [2.24, 2.45) is 0 Å². The van der Waals surface area contributed by atoms with Crippen LogP contribution in [0.1, 0.15) is 18.1 Å². The van der Waals surface area contributed by atoms with Gasteiger partial charge in [-0.1, -0.05) is 12.1 Å². The lowest BCUT2D eigenvalue weighted by Gasteiger charge is -2.16. The molecule has 4 nitrogen and oxygen atoms in total. The lowest BCUT2D eigenvalue weighted by molar-refractivity contribution is -0.122. The van der Waals surface area contributed by atoms with Gasteiger partial charge < -0.3 is 4.74 Å². The SMILES string of the molecule is Cc1cccc(O[C@H](C)C(=O)Nc2nccs2)c1C. The van der Waals surface area contributed by atoms with Crippen molar-refractivity contribution in [3.8, 4) is 5.75 Å². The maximum absolute atomic E-state index is 11.9. The van der Waals surface area contributed by atoms with Gasteiger partial charge >= 0.3 is 0 Å². The van der Waals surface area contributed by atoms with Gasteiger partial charge in [0.25, 0.3) is 5.91 Å². The van der Waals surface area contributed by atoms with Gasteiger partial charge in [0, 0.05) is 11.6 Å². The van der Waals surface area contributed by atoms with E-state index in [1.165, 1.54) is 11.3 Å². The van der Waals surface area contributed by atoms with Crippen LogP contribution in [0.5, 0.6) is 5.75 Å². The molecule has 0 spiro atoms. The molecule has 0 fully saturated rings. The Bertz CT molecular complexity index is 567. The van der Waals surface area contributed by atoms with Crippen LogP contribution in [-0.2, 0) is 4.79 Å². The second-order valence-electron chi connectivity index (χ2n) is 4.28. The van der Waals surface area contributed by atoms with E-state index in [0.717, 1.165) is 16.9 Å². The van der Waals surface area contributed by atoms with E-state index in [-0.39, 0.29) is 5.91 Å². The van der Waals surface area contributed by atoms with Gasteiger partial charge in [0.05, 0.1) is 0 Å². The average molecular weight is 276 g/mol. The summed E-state index contributed by atoms with van der Waals surface area (Å²) in [6.45, 7) is 5.73. The highest BCUT2D eigenvalue weighted by Gasteiger charge is 2.16. The molecule has 0 aliphatic heterocycles. The van der Waals surface area contributed by atoms with Crippen molar-refractivity contribution in [3.63, 3.8) is 0 Å². The number of thiazole rings is 1. The summed E-state index contributed by atoms with van der Waals surface area (Å²) in [6.07, 6.45) is 1.08. The fraction of sp³-hybridized carbons (Fsp3) is 0.286. The highest BCUT2D eigenvalue weighted by atomic mass is 32.1. The molecule has 0 saturated heterocycles. The summed E-state index contributed by atoms with van der Waals surface area (Å²) in [7, 11) is 0. The Morgan fingerprint density at radius 3 is 2.89 bits per heavy atom. The molecule has 2 aromatic rings. The molecule has 1 heterocycles. The summed E-state index contributed by atoms with van der Waals surface area (Å²) in [5, 5.41) is 5.12. The van der Waals surface area contributed by atoms with Gasteiger partial charge in [0.1, 0.15) is 5.75 Å². The number of anilines is 1. The van der Waals surface area contributed by atoms with Crippen molar-refractivity contribution < 1.29 is 9.53 Å². The van der Waals surface area contributed by atoms with E-state index in [0.29, 0.717) is 5.13 Å². The van der Waals surface area contributed by atoms with Crippen LogP contribution in [0.2, 0.25) is 0 Å². The fourth-order valence-corrected chi connectivity index (χ4v) is 2.12. The molecule has 0 unspecified atom stereocenters. The number of hydrogen-bond donors (Lipinski definition) is 1. The van der Waals surface area contributed by atoms with E-state index in [4.69, 9.17) is 4.74 Å². The first-order chi connectivity index (χ1) is 9.08. The lowest BCUT2D eigenvalue weighted by atomic mass is 10.1. The Labute approximate surface area is 116 Å². The largest absolute Gasteiger partial charge is 0.481 e. The van der Waals surface area contributed by atoms with Gasteiger partial charge in [0.15, 0.2) is 11.2 Å². The lowest BCUT2D eigenvalue weighted by Crippen LogP contribution is -2.30. The topological polar surface area (TPSA) is 51.2 Å². The molecular weight excluding hydrogens is 260 g/mol. The van der Waals surface area contributed by atoms with Crippen LogP contribution in [0.25, 0.3) is 0 Å². The van der Waals surface area contributed by atoms with Crippen molar-refractivity contribution in [2.75, 3.05) is 5.32 Å². The first-order valence-electron chi connectivity index (χ1n) is 6.01. The molecule has 5 heteroatoms. The predicted molar refractivity (Wildman–Crippen MR) is 76.7 cm³/mol. The van der Waals surface area contributed by atoms with E-state index >= 15 is 0 Å². The molecule has 0 radical (unpaired) electrons. The monoisotopic (exact) mass is 276 g/mol. The fourth-order valence-electron chi connectivity index (χ4n) is 1.59. The normalized spacial score (nSPS) is 11.9. The van der Waals surface area contributed by atoms with Crippen molar-refractivity contribution in [1.29, 1.82) is 0 Å². The summed E-state index contributed by atoms with van der Waals surface area (Å²) in [4.78, 5) is 15.9. The van der Waals surface area contributed by atoms with Crippen LogP contribution in [-0.4, -0.2) is 17.0 Å². The smallest absolute Gasteiger partial charge is 0.266 e. The Morgan fingerprint density at radius 2 is 2.21 bits per heavy atom. The number of carbonyl (C=O) groups excluding carboxylic acids is 1. The van der Waals surface area contributed by atoms with Gasteiger partial charge in [0.2, 0.25) is 0 Å². The van der Waals surface area contributed by atoms with Crippen molar-refractivity contribution in [1.82, 2.24) is 4.98 Å². The average Bonchev–Trinajstić information content (AvgIpc) is 2.87. The molecule has 0 saturated carbocycles. The first-order valence-corrected chi connectivity index (χ1v) is 6.89. The molecule has 1 aromatic carbocycles. The molecule has 1 atom stereocenters. The van der Waals surface area contributed by atoms with Gasteiger partial charge in [-0.3, -0.25) is 10.1 Å². The number of amides is 1. The number of nitrogens with zero attached hydrogens (tertiary/aromatic N) is 1. The molecule has 2 rings (SSSR count). The van der Waals surface area contributed by atoms with Crippen LogP contribution in [0.3, 0.4) is 0 Å². The maximum Gasteiger partial charge on any atom is 0.266 e. The number of hydrogen-bond acceptors (Lipinski definition) is 4. The summed E-state index contributed by atoms with van der Waals surface area (Å²) >= 11 is 1.38. The zero-order chi connectivity index (χ0) is 13.8. The molecular formula is C14H16N2O2S.